The molecule has 0 amide bonds. The van der Waals surface area contributed by atoms with Gasteiger partial charge >= 0.3 is 5.69 Å². The van der Waals surface area contributed by atoms with Crippen LogP contribution in [-0.2, 0) is 0 Å². The van der Waals surface area contributed by atoms with Crippen molar-refractivity contribution in [1.29, 1.82) is 0 Å². The maximum absolute atomic E-state index is 11.6. The number of hydrogen-bond acceptors (Lipinski definition) is 7. The van der Waals surface area contributed by atoms with Gasteiger partial charge in [-0.1, -0.05) is 36.4 Å². The van der Waals surface area contributed by atoms with E-state index in [1.807, 2.05) is 60.7 Å². The second-order valence-electron chi connectivity index (χ2n) is 5.16. The third-order valence-corrected chi connectivity index (χ3v) is 3.55. The highest BCUT2D eigenvalue weighted by atomic mass is 16.6. The van der Waals surface area contributed by atoms with Crippen LogP contribution in [0.2, 0.25) is 0 Å². The lowest BCUT2D eigenvalue weighted by Crippen LogP contribution is -2.17. The van der Waals surface area contributed by atoms with Crippen LogP contribution in [0.3, 0.4) is 0 Å². The Kier molecular flexibility index (Phi) is 4.70. The van der Waals surface area contributed by atoms with Gasteiger partial charge in [0.25, 0.3) is 0 Å². The van der Waals surface area contributed by atoms with Crippen LogP contribution >= 0.6 is 0 Å². The van der Waals surface area contributed by atoms with Gasteiger partial charge in [0.15, 0.2) is 0 Å². The van der Waals surface area contributed by atoms with Crippen molar-refractivity contribution in [1.82, 2.24) is 9.97 Å². The standard InChI is InChI=1S/C17H16N6O2/c1-22(14-10-6-3-7-11-14)17-15(23(24)25)16(18-12-19-17)21-20-13-8-4-2-5-9-13/h2-12,20H,1H3,(H,18,19,21). The van der Waals surface area contributed by atoms with Gasteiger partial charge in [0.1, 0.15) is 6.33 Å². The highest BCUT2D eigenvalue weighted by molar-refractivity contribution is 5.75. The molecule has 3 rings (SSSR count). The van der Waals surface area contributed by atoms with Crippen LogP contribution in [0, 0.1) is 10.1 Å². The van der Waals surface area contributed by atoms with Crippen molar-refractivity contribution in [2.75, 3.05) is 22.8 Å². The van der Waals surface area contributed by atoms with E-state index in [2.05, 4.69) is 20.8 Å². The molecule has 0 spiro atoms. The summed E-state index contributed by atoms with van der Waals surface area (Å²) in [4.78, 5) is 20.9. The van der Waals surface area contributed by atoms with Crippen LogP contribution in [0.5, 0.6) is 0 Å². The maximum atomic E-state index is 11.6. The Morgan fingerprint density at radius 3 is 2.24 bits per heavy atom. The van der Waals surface area contributed by atoms with E-state index in [0.29, 0.717) is 0 Å². The second kappa shape index (κ2) is 7.26. The predicted octanol–water partition coefficient (Wildman–Crippen LogP) is 3.59. The first kappa shape index (κ1) is 16.2. The third-order valence-electron chi connectivity index (χ3n) is 3.55. The lowest BCUT2D eigenvalue weighted by Gasteiger charge is -2.19. The molecule has 3 aromatic rings. The van der Waals surface area contributed by atoms with E-state index in [4.69, 9.17) is 0 Å². The molecule has 1 heterocycles. The smallest absolute Gasteiger partial charge is 0.324 e. The summed E-state index contributed by atoms with van der Waals surface area (Å²) in [6.07, 6.45) is 1.29. The van der Waals surface area contributed by atoms with Crippen molar-refractivity contribution in [2.24, 2.45) is 0 Å². The summed E-state index contributed by atoms with van der Waals surface area (Å²) < 4.78 is 0. The molecule has 126 valence electrons. The van der Waals surface area contributed by atoms with Crippen molar-refractivity contribution in [2.45, 2.75) is 0 Å². The maximum Gasteiger partial charge on any atom is 0.355 e. The minimum absolute atomic E-state index is 0.0848. The molecule has 0 saturated heterocycles. The van der Waals surface area contributed by atoms with E-state index in [-0.39, 0.29) is 17.3 Å². The number of hydrogen-bond donors (Lipinski definition) is 2. The number of rotatable bonds is 6. The average molecular weight is 336 g/mol. The fraction of sp³-hybridized carbons (Fsp3) is 0.0588. The number of para-hydroxylation sites is 2. The van der Waals surface area contributed by atoms with E-state index in [1.165, 1.54) is 6.33 Å². The van der Waals surface area contributed by atoms with Crippen molar-refractivity contribution >= 4 is 28.7 Å². The second-order valence-corrected chi connectivity index (χ2v) is 5.16. The molecule has 0 atom stereocenters. The number of anilines is 4. The molecule has 0 saturated carbocycles. The topological polar surface area (TPSA) is 96.2 Å². The van der Waals surface area contributed by atoms with Crippen molar-refractivity contribution in [3.63, 3.8) is 0 Å². The first-order chi connectivity index (χ1) is 12.2. The average Bonchev–Trinajstić information content (AvgIpc) is 2.66. The highest BCUT2D eigenvalue weighted by Crippen LogP contribution is 2.34. The van der Waals surface area contributed by atoms with Crippen LogP contribution in [0.4, 0.5) is 28.7 Å². The molecule has 2 aromatic carbocycles. The minimum Gasteiger partial charge on any atom is -0.324 e. The quantitative estimate of drug-likeness (QED) is 0.524. The van der Waals surface area contributed by atoms with Gasteiger partial charge in [0, 0.05) is 12.7 Å². The van der Waals surface area contributed by atoms with Crippen molar-refractivity contribution in [3.05, 3.63) is 77.1 Å². The van der Waals surface area contributed by atoms with Crippen molar-refractivity contribution < 1.29 is 4.92 Å². The molecule has 25 heavy (non-hydrogen) atoms. The molecule has 0 aliphatic heterocycles. The summed E-state index contributed by atoms with van der Waals surface area (Å²) >= 11 is 0. The van der Waals surface area contributed by atoms with Gasteiger partial charge in [-0.05, 0) is 24.3 Å². The summed E-state index contributed by atoms with van der Waals surface area (Å²) in [7, 11) is 1.72. The first-order valence-corrected chi connectivity index (χ1v) is 7.52. The van der Waals surface area contributed by atoms with Gasteiger partial charge in [0.2, 0.25) is 11.6 Å². The fourth-order valence-corrected chi connectivity index (χ4v) is 2.30. The minimum atomic E-state index is -0.496. The molecule has 0 aliphatic carbocycles. The van der Waals surface area contributed by atoms with E-state index >= 15 is 0 Å². The molecule has 8 nitrogen and oxygen atoms in total. The van der Waals surface area contributed by atoms with Crippen LogP contribution in [0.15, 0.2) is 67.0 Å². The summed E-state index contributed by atoms with van der Waals surface area (Å²) in [5, 5.41) is 11.6. The molecule has 0 unspecified atom stereocenters. The molecular weight excluding hydrogens is 320 g/mol. The zero-order valence-corrected chi connectivity index (χ0v) is 13.5. The van der Waals surface area contributed by atoms with E-state index < -0.39 is 4.92 Å². The molecule has 1 aromatic heterocycles. The molecule has 2 N–H and O–H groups in total. The zero-order valence-electron chi connectivity index (χ0n) is 13.5. The van der Waals surface area contributed by atoms with E-state index in [1.54, 1.807) is 11.9 Å². The largest absolute Gasteiger partial charge is 0.355 e. The van der Waals surface area contributed by atoms with Crippen LogP contribution in [0.25, 0.3) is 0 Å². The molecule has 0 fully saturated rings. The van der Waals surface area contributed by atoms with Gasteiger partial charge < -0.3 is 4.90 Å². The SMILES string of the molecule is CN(c1ccccc1)c1ncnc(NNc2ccccc2)c1[N+](=O)[O-]. The summed E-state index contributed by atoms with van der Waals surface area (Å²) in [5.74, 6) is 0.283. The lowest BCUT2D eigenvalue weighted by atomic mass is 10.3. The zero-order chi connectivity index (χ0) is 17.6. The number of nitrogens with one attached hydrogen (secondary N) is 2. The number of hydrazine groups is 1. The summed E-state index contributed by atoms with van der Waals surface area (Å²) in [5.41, 5.74) is 7.02. The lowest BCUT2D eigenvalue weighted by molar-refractivity contribution is -0.383. The van der Waals surface area contributed by atoms with E-state index in [9.17, 15) is 10.1 Å². The Morgan fingerprint density at radius 2 is 1.60 bits per heavy atom. The monoisotopic (exact) mass is 336 g/mol. The normalized spacial score (nSPS) is 10.1. The Balaban J connectivity index is 1.93. The van der Waals surface area contributed by atoms with E-state index in [0.717, 1.165) is 11.4 Å². The molecule has 0 aliphatic rings. The first-order valence-electron chi connectivity index (χ1n) is 7.52. The third kappa shape index (κ3) is 3.63. The summed E-state index contributed by atoms with van der Waals surface area (Å²) in [6, 6.07) is 18.5. The van der Waals surface area contributed by atoms with Gasteiger partial charge in [0.05, 0.1) is 10.6 Å². The molecule has 0 bridgehead atoms. The molecule has 8 heteroatoms. The predicted molar refractivity (Wildman–Crippen MR) is 96.9 cm³/mol. The summed E-state index contributed by atoms with van der Waals surface area (Å²) in [6.45, 7) is 0. The van der Waals surface area contributed by atoms with Gasteiger partial charge in [-0.2, -0.15) is 0 Å². The van der Waals surface area contributed by atoms with Gasteiger partial charge in [-0.3, -0.25) is 21.0 Å². The Bertz CT molecular complexity index is 858. The number of benzene rings is 2. The number of aromatic nitrogens is 2. The van der Waals surface area contributed by atoms with Crippen LogP contribution < -0.4 is 15.8 Å². The highest BCUT2D eigenvalue weighted by Gasteiger charge is 2.26. The number of nitro groups is 1. The number of nitrogens with zero attached hydrogens (tertiary/aromatic N) is 4. The Hall–Kier alpha value is -3.68. The van der Waals surface area contributed by atoms with Gasteiger partial charge in [-0.25, -0.2) is 9.97 Å². The van der Waals surface area contributed by atoms with Crippen molar-refractivity contribution in [3.8, 4) is 0 Å². The Labute approximate surface area is 144 Å². The fourth-order valence-electron chi connectivity index (χ4n) is 2.30. The molecule has 0 radical (unpaired) electrons. The molecular formula is C17H16N6O2. The van der Waals surface area contributed by atoms with Crippen LogP contribution in [-0.4, -0.2) is 21.9 Å². The van der Waals surface area contributed by atoms with Gasteiger partial charge in [-0.15, -0.1) is 0 Å². The van der Waals surface area contributed by atoms with Crippen LogP contribution in [0.1, 0.15) is 0 Å². The Morgan fingerprint density at radius 1 is 0.960 bits per heavy atom.